The van der Waals surface area contributed by atoms with Crippen molar-refractivity contribution in [2.75, 3.05) is 11.4 Å². The number of sulfonamides is 1. The molecule has 0 radical (unpaired) electrons. The van der Waals surface area contributed by atoms with E-state index in [9.17, 15) is 8.42 Å². The molecule has 0 atom stereocenters. The van der Waals surface area contributed by atoms with Crippen molar-refractivity contribution in [3.8, 4) is 0 Å². The maximum Gasteiger partial charge on any atom is 0.264 e. The van der Waals surface area contributed by atoms with Gasteiger partial charge in [-0.3, -0.25) is 9.71 Å². The largest absolute Gasteiger partial charge is 0.387 e. The first kappa shape index (κ1) is 15.1. The monoisotopic (exact) mass is 303 g/mol. The Morgan fingerprint density at radius 3 is 2.19 bits per heavy atom. The zero-order chi connectivity index (χ0) is 15.5. The van der Waals surface area contributed by atoms with Crippen LogP contribution in [0.5, 0.6) is 0 Å². The number of nitrogens with zero attached hydrogens (tertiary/aromatic N) is 1. The highest BCUT2D eigenvalue weighted by atomic mass is 32.2. The number of nitrogens with one attached hydrogen (secondary N) is 1. The molecule has 6 heteroatoms. The van der Waals surface area contributed by atoms with Gasteiger partial charge in [0.2, 0.25) is 0 Å². The molecule has 0 aliphatic carbocycles. The number of hydrogen-bond acceptors (Lipinski definition) is 3. The second-order valence-corrected chi connectivity index (χ2v) is 6.62. The molecule has 110 valence electrons. The Balaban J connectivity index is 2.27. The lowest BCUT2D eigenvalue weighted by Crippen LogP contribution is -2.26. The van der Waals surface area contributed by atoms with Crippen LogP contribution < -0.4 is 10.0 Å². The molecule has 0 fully saturated rings. The maximum atomic E-state index is 12.5. The van der Waals surface area contributed by atoms with Gasteiger partial charge in [-0.05, 0) is 29.8 Å². The van der Waals surface area contributed by atoms with Gasteiger partial charge in [-0.25, -0.2) is 8.42 Å². The van der Waals surface area contributed by atoms with Crippen LogP contribution in [0.4, 0.5) is 5.69 Å². The molecular formula is C15H17N3O2S. The molecule has 3 N–H and O–H groups in total. The predicted molar refractivity (Wildman–Crippen MR) is 84.1 cm³/mol. The molecule has 2 aromatic rings. The summed E-state index contributed by atoms with van der Waals surface area (Å²) in [6, 6.07) is 15.2. The molecule has 0 amide bonds. The maximum absolute atomic E-state index is 12.5. The fourth-order valence-electron chi connectivity index (χ4n) is 1.93. The summed E-state index contributed by atoms with van der Waals surface area (Å²) in [5.41, 5.74) is 6.78. The van der Waals surface area contributed by atoms with Crippen LogP contribution in [0.3, 0.4) is 0 Å². The van der Waals surface area contributed by atoms with Crippen LogP contribution in [-0.4, -0.2) is 21.3 Å². The SMILES string of the molecule is CN(c1ccc(CC(=N)N)cc1)S(=O)(=O)c1ccccc1. The summed E-state index contributed by atoms with van der Waals surface area (Å²) < 4.78 is 26.2. The standard InChI is InChI=1S/C15H17N3O2S/c1-18(21(19,20)14-5-3-2-4-6-14)13-9-7-12(8-10-13)11-15(16)17/h2-10H,11H2,1H3,(H3,16,17). The van der Waals surface area contributed by atoms with E-state index < -0.39 is 10.0 Å². The van der Waals surface area contributed by atoms with Crippen molar-refractivity contribution >= 4 is 21.5 Å². The zero-order valence-electron chi connectivity index (χ0n) is 11.7. The highest BCUT2D eigenvalue weighted by Crippen LogP contribution is 2.22. The third kappa shape index (κ3) is 3.41. The van der Waals surface area contributed by atoms with E-state index in [1.54, 1.807) is 54.6 Å². The van der Waals surface area contributed by atoms with Crippen molar-refractivity contribution in [2.24, 2.45) is 5.73 Å². The van der Waals surface area contributed by atoms with E-state index in [1.165, 1.54) is 11.4 Å². The third-order valence-electron chi connectivity index (χ3n) is 3.10. The van der Waals surface area contributed by atoms with Crippen LogP contribution in [0.25, 0.3) is 0 Å². The van der Waals surface area contributed by atoms with Gasteiger partial charge in [0, 0.05) is 13.5 Å². The molecular weight excluding hydrogens is 286 g/mol. The average molecular weight is 303 g/mol. The smallest absolute Gasteiger partial charge is 0.264 e. The molecule has 0 aliphatic rings. The first-order chi connectivity index (χ1) is 9.91. The normalized spacial score (nSPS) is 11.1. The molecule has 0 spiro atoms. The average Bonchev–Trinajstić information content (AvgIpc) is 2.47. The van der Waals surface area contributed by atoms with Crippen LogP contribution in [0, 0.1) is 5.41 Å². The second kappa shape index (κ2) is 5.97. The number of amidine groups is 1. The quantitative estimate of drug-likeness (QED) is 0.654. The van der Waals surface area contributed by atoms with Crippen molar-refractivity contribution in [2.45, 2.75) is 11.3 Å². The molecule has 2 aromatic carbocycles. The van der Waals surface area contributed by atoms with E-state index in [0.717, 1.165) is 5.56 Å². The summed E-state index contributed by atoms with van der Waals surface area (Å²) in [6.07, 6.45) is 0.357. The lowest BCUT2D eigenvalue weighted by Gasteiger charge is -2.19. The van der Waals surface area contributed by atoms with E-state index in [4.69, 9.17) is 11.1 Å². The van der Waals surface area contributed by atoms with Gasteiger partial charge in [0.15, 0.2) is 0 Å². The Hall–Kier alpha value is -2.34. The van der Waals surface area contributed by atoms with E-state index >= 15 is 0 Å². The Morgan fingerprint density at radius 1 is 1.10 bits per heavy atom. The number of nitrogens with two attached hydrogens (primary N) is 1. The van der Waals surface area contributed by atoms with Crippen LogP contribution >= 0.6 is 0 Å². The molecule has 5 nitrogen and oxygen atoms in total. The number of anilines is 1. The highest BCUT2D eigenvalue weighted by molar-refractivity contribution is 7.92. The zero-order valence-corrected chi connectivity index (χ0v) is 12.5. The number of hydrogen-bond donors (Lipinski definition) is 2. The lowest BCUT2D eigenvalue weighted by atomic mass is 10.1. The summed E-state index contributed by atoms with van der Waals surface area (Å²) in [5.74, 6) is 0.0769. The minimum atomic E-state index is -3.56. The van der Waals surface area contributed by atoms with Gasteiger partial charge in [0.05, 0.1) is 16.4 Å². The van der Waals surface area contributed by atoms with E-state index in [-0.39, 0.29) is 10.7 Å². The predicted octanol–water partition coefficient (Wildman–Crippen LogP) is 1.99. The Kier molecular flexibility index (Phi) is 4.28. The lowest BCUT2D eigenvalue weighted by molar-refractivity contribution is 0.594. The van der Waals surface area contributed by atoms with Crippen molar-refractivity contribution in [1.29, 1.82) is 5.41 Å². The third-order valence-corrected chi connectivity index (χ3v) is 4.90. The number of rotatable bonds is 5. The van der Waals surface area contributed by atoms with Crippen LogP contribution in [-0.2, 0) is 16.4 Å². The van der Waals surface area contributed by atoms with Crippen molar-refractivity contribution in [1.82, 2.24) is 0 Å². The Bertz CT molecular complexity index is 725. The van der Waals surface area contributed by atoms with Crippen LogP contribution in [0.15, 0.2) is 59.5 Å². The number of benzene rings is 2. The summed E-state index contributed by atoms with van der Waals surface area (Å²) in [6.45, 7) is 0. The first-order valence-electron chi connectivity index (χ1n) is 6.37. The fourth-order valence-corrected chi connectivity index (χ4v) is 3.15. The fraction of sp³-hybridized carbons (Fsp3) is 0.133. The van der Waals surface area contributed by atoms with Gasteiger partial charge < -0.3 is 5.73 Å². The van der Waals surface area contributed by atoms with E-state index in [0.29, 0.717) is 12.1 Å². The molecule has 0 aromatic heterocycles. The van der Waals surface area contributed by atoms with E-state index in [2.05, 4.69) is 0 Å². The van der Waals surface area contributed by atoms with Gasteiger partial charge in [0.25, 0.3) is 10.0 Å². The van der Waals surface area contributed by atoms with Gasteiger partial charge >= 0.3 is 0 Å². The van der Waals surface area contributed by atoms with Crippen LogP contribution in [0.1, 0.15) is 5.56 Å². The van der Waals surface area contributed by atoms with Gasteiger partial charge in [-0.2, -0.15) is 0 Å². The molecule has 0 saturated carbocycles. The highest BCUT2D eigenvalue weighted by Gasteiger charge is 2.20. The molecule has 21 heavy (non-hydrogen) atoms. The topological polar surface area (TPSA) is 87.2 Å². The first-order valence-corrected chi connectivity index (χ1v) is 7.81. The van der Waals surface area contributed by atoms with Gasteiger partial charge in [0.1, 0.15) is 0 Å². The minimum absolute atomic E-state index is 0.0769. The Morgan fingerprint density at radius 2 is 1.67 bits per heavy atom. The van der Waals surface area contributed by atoms with Gasteiger partial charge in [-0.15, -0.1) is 0 Å². The summed E-state index contributed by atoms with van der Waals surface area (Å²) >= 11 is 0. The van der Waals surface area contributed by atoms with Crippen LogP contribution in [0.2, 0.25) is 0 Å². The molecule has 0 saturated heterocycles. The van der Waals surface area contributed by atoms with E-state index in [1.807, 2.05) is 0 Å². The summed E-state index contributed by atoms with van der Waals surface area (Å²) in [7, 11) is -2.05. The van der Waals surface area contributed by atoms with Crippen molar-refractivity contribution in [3.63, 3.8) is 0 Å². The molecule has 0 heterocycles. The minimum Gasteiger partial charge on any atom is -0.387 e. The van der Waals surface area contributed by atoms with Gasteiger partial charge in [-0.1, -0.05) is 30.3 Å². The van der Waals surface area contributed by atoms with Crippen molar-refractivity contribution < 1.29 is 8.42 Å². The Labute approximate surface area is 124 Å². The van der Waals surface area contributed by atoms with Crippen molar-refractivity contribution in [3.05, 3.63) is 60.2 Å². The second-order valence-electron chi connectivity index (χ2n) is 4.65. The summed E-state index contributed by atoms with van der Waals surface area (Å²) in [5, 5.41) is 7.25. The summed E-state index contributed by atoms with van der Waals surface area (Å²) in [4.78, 5) is 0.250. The molecule has 0 aliphatic heterocycles. The molecule has 2 rings (SSSR count). The molecule has 0 bridgehead atoms. The molecule has 0 unspecified atom stereocenters.